The van der Waals surface area contributed by atoms with Crippen molar-refractivity contribution in [3.8, 4) is 0 Å². The second-order valence-corrected chi connectivity index (χ2v) is 5.10. The number of carbonyl (C=O) groups excluding carboxylic acids is 2. The van der Waals surface area contributed by atoms with E-state index >= 15 is 0 Å². The summed E-state index contributed by atoms with van der Waals surface area (Å²) in [5, 5.41) is 0. The van der Waals surface area contributed by atoms with Crippen molar-refractivity contribution in [3.63, 3.8) is 0 Å². The number of ether oxygens (including phenoxy) is 2. The number of Topliss-reactive ketones (excluding diaryl/α,β-unsaturated/α-hetero) is 1. The largest absolute Gasteiger partial charge is 0.465 e. The molecule has 1 unspecified atom stereocenters. The van der Waals surface area contributed by atoms with Crippen molar-refractivity contribution < 1.29 is 19.1 Å². The van der Waals surface area contributed by atoms with Crippen LogP contribution in [0.2, 0.25) is 0 Å². The minimum Gasteiger partial charge on any atom is -0.465 e. The van der Waals surface area contributed by atoms with Gasteiger partial charge in [-0.15, -0.1) is 0 Å². The van der Waals surface area contributed by atoms with E-state index < -0.39 is 11.9 Å². The second kappa shape index (κ2) is 11.0. The quantitative estimate of drug-likeness (QED) is 0.358. The first kappa shape index (κ1) is 18.4. The highest BCUT2D eigenvalue weighted by atomic mass is 16.5. The zero-order valence-electron chi connectivity index (χ0n) is 13.5. The van der Waals surface area contributed by atoms with Crippen LogP contribution in [0.15, 0.2) is 30.3 Å². The number of hydrogen-bond donors (Lipinski definition) is 0. The Hall–Kier alpha value is -1.68. The van der Waals surface area contributed by atoms with Gasteiger partial charge in [-0.05, 0) is 38.7 Å². The van der Waals surface area contributed by atoms with Gasteiger partial charge in [-0.2, -0.15) is 0 Å². The molecule has 0 saturated heterocycles. The van der Waals surface area contributed by atoms with Gasteiger partial charge in [-0.25, -0.2) is 0 Å². The van der Waals surface area contributed by atoms with Crippen LogP contribution in [0.4, 0.5) is 0 Å². The normalized spacial score (nSPS) is 11.9. The first-order chi connectivity index (χ1) is 10.7. The number of carbonyl (C=O) groups is 2. The lowest BCUT2D eigenvalue weighted by Crippen LogP contribution is -2.27. The molecule has 1 aromatic rings. The molecule has 0 aliphatic carbocycles. The first-order valence-corrected chi connectivity index (χ1v) is 8.00. The fourth-order valence-electron chi connectivity index (χ4n) is 2.28. The maximum atomic E-state index is 12.3. The molecule has 0 saturated carbocycles. The molecule has 122 valence electrons. The lowest BCUT2D eigenvalue weighted by Gasteiger charge is -2.14. The van der Waals surface area contributed by atoms with Crippen LogP contribution in [0.25, 0.3) is 0 Å². The van der Waals surface area contributed by atoms with Gasteiger partial charge in [0.25, 0.3) is 0 Å². The van der Waals surface area contributed by atoms with Crippen molar-refractivity contribution in [1.29, 1.82) is 0 Å². The van der Waals surface area contributed by atoms with E-state index in [1.807, 2.05) is 37.3 Å². The summed E-state index contributed by atoms with van der Waals surface area (Å²) in [5.41, 5.74) is 1.21. The van der Waals surface area contributed by atoms with E-state index in [1.54, 1.807) is 6.92 Å². The van der Waals surface area contributed by atoms with Crippen molar-refractivity contribution in [1.82, 2.24) is 0 Å². The molecule has 0 fully saturated rings. The van der Waals surface area contributed by atoms with Crippen molar-refractivity contribution >= 4 is 11.8 Å². The number of benzene rings is 1. The van der Waals surface area contributed by atoms with Crippen LogP contribution in [-0.2, 0) is 25.5 Å². The van der Waals surface area contributed by atoms with Crippen LogP contribution in [0.5, 0.6) is 0 Å². The number of hydrogen-bond acceptors (Lipinski definition) is 4. The maximum Gasteiger partial charge on any atom is 0.316 e. The van der Waals surface area contributed by atoms with E-state index in [4.69, 9.17) is 9.47 Å². The molecule has 0 aromatic heterocycles. The van der Waals surface area contributed by atoms with Crippen LogP contribution >= 0.6 is 0 Å². The zero-order valence-corrected chi connectivity index (χ0v) is 13.5. The molecule has 0 N–H and O–H groups in total. The summed E-state index contributed by atoms with van der Waals surface area (Å²) in [7, 11) is 0. The van der Waals surface area contributed by atoms with E-state index in [2.05, 4.69) is 0 Å². The van der Waals surface area contributed by atoms with Crippen molar-refractivity contribution in [2.24, 2.45) is 5.92 Å². The Morgan fingerprint density at radius 1 is 1.09 bits per heavy atom. The van der Waals surface area contributed by atoms with Gasteiger partial charge in [0.15, 0.2) is 0 Å². The maximum absolute atomic E-state index is 12.3. The Balaban J connectivity index is 2.45. The highest BCUT2D eigenvalue weighted by molar-refractivity contribution is 5.98. The molecule has 0 amide bonds. The van der Waals surface area contributed by atoms with E-state index in [1.165, 1.54) is 5.56 Å². The second-order valence-electron chi connectivity index (χ2n) is 5.10. The summed E-state index contributed by atoms with van der Waals surface area (Å²) in [6, 6.07) is 10.0. The minimum absolute atomic E-state index is 0.0471. The molecule has 0 aliphatic heterocycles. The Bertz CT molecular complexity index is 442. The van der Waals surface area contributed by atoms with Gasteiger partial charge < -0.3 is 9.47 Å². The Morgan fingerprint density at radius 3 is 2.45 bits per heavy atom. The molecule has 0 aliphatic rings. The fourth-order valence-corrected chi connectivity index (χ4v) is 2.28. The van der Waals surface area contributed by atoms with Gasteiger partial charge in [0.2, 0.25) is 0 Å². The summed E-state index contributed by atoms with van der Waals surface area (Å²) < 4.78 is 10.3. The summed E-state index contributed by atoms with van der Waals surface area (Å²) in [6.45, 7) is 4.92. The molecule has 0 radical (unpaired) electrons. The predicted octanol–water partition coefficient (Wildman–Crippen LogP) is 3.18. The summed E-state index contributed by atoms with van der Waals surface area (Å²) in [5.74, 6) is -1.16. The first-order valence-electron chi connectivity index (χ1n) is 8.00. The number of rotatable bonds is 11. The van der Waals surface area contributed by atoms with Gasteiger partial charge in [0, 0.05) is 19.6 Å². The van der Waals surface area contributed by atoms with Crippen molar-refractivity contribution in [2.75, 3.05) is 19.8 Å². The Labute approximate surface area is 132 Å². The third-order valence-electron chi connectivity index (χ3n) is 3.45. The average molecular weight is 306 g/mol. The van der Waals surface area contributed by atoms with E-state index in [9.17, 15) is 9.59 Å². The fraction of sp³-hybridized carbons (Fsp3) is 0.556. The van der Waals surface area contributed by atoms with E-state index in [-0.39, 0.29) is 5.78 Å². The van der Waals surface area contributed by atoms with Crippen LogP contribution < -0.4 is 0 Å². The number of esters is 1. The minimum atomic E-state index is -0.692. The van der Waals surface area contributed by atoms with Gasteiger partial charge in [-0.3, -0.25) is 9.59 Å². The molecule has 0 spiro atoms. The molecule has 1 aromatic carbocycles. The van der Waals surface area contributed by atoms with Crippen LogP contribution in [0.3, 0.4) is 0 Å². The standard InChI is InChI=1S/C18H26O4/c1-3-21-14-13-16(18(20)22-4-2)17(19)12-8-11-15-9-6-5-7-10-15/h5-7,9-10,16H,3-4,8,11-14H2,1-2H3. The van der Waals surface area contributed by atoms with Crippen LogP contribution in [0.1, 0.15) is 38.7 Å². The van der Waals surface area contributed by atoms with Crippen molar-refractivity contribution in [2.45, 2.75) is 39.5 Å². The molecular weight excluding hydrogens is 280 g/mol. The lowest BCUT2D eigenvalue weighted by atomic mass is 9.95. The predicted molar refractivity (Wildman–Crippen MR) is 85.6 cm³/mol. The smallest absolute Gasteiger partial charge is 0.316 e. The highest BCUT2D eigenvalue weighted by Gasteiger charge is 2.26. The third kappa shape index (κ3) is 6.85. The van der Waals surface area contributed by atoms with E-state index in [0.29, 0.717) is 32.7 Å². The van der Waals surface area contributed by atoms with Gasteiger partial charge in [0.1, 0.15) is 11.7 Å². The molecule has 22 heavy (non-hydrogen) atoms. The Kier molecular flexibility index (Phi) is 9.15. The molecule has 0 heterocycles. The van der Waals surface area contributed by atoms with Gasteiger partial charge in [0.05, 0.1) is 6.61 Å². The Morgan fingerprint density at radius 2 is 1.82 bits per heavy atom. The van der Waals surface area contributed by atoms with E-state index in [0.717, 1.165) is 12.8 Å². The highest BCUT2D eigenvalue weighted by Crippen LogP contribution is 2.14. The molecule has 4 nitrogen and oxygen atoms in total. The molecule has 1 rings (SSSR count). The number of ketones is 1. The molecular formula is C18H26O4. The molecule has 0 bridgehead atoms. The third-order valence-corrected chi connectivity index (χ3v) is 3.45. The van der Waals surface area contributed by atoms with Crippen LogP contribution in [-0.4, -0.2) is 31.6 Å². The average Bonchev–Trinajstić information content (AvgIpc) is 2.52. The summed E-state index contributed by atoms with van der Waals surface area (Å²) >= 11 is 0. The zero-order chi connectivity index (χ0) is 16.2. The number of aryl methyl sites for hydroxylation is 1. The van der Waals surface area contributed by atoms with Crippen LogP contribution in [0, 0.1) is 5.92 Å². The van der Waals surface area contributed by atoms with Crippen molar-refractivity contribution in [3.05, 3.63) is 35.9 Å². The topological polar surface area (TPSA) is 52.6 Å². The van der Waals surface area contributed by atoms with Gasteiger partial charge >= 0.3 is 5.97 Å². The molecule has 4 heteroatoms. The molecule has 1 atom stereocenters. The SMILES string of the molecule is CCOCCC(C(=O)CCCc1ccccc1)C(=O)OCC. The van der Waals surface area contributed by atoms with Gasteiger partial charge in [-0.1, -0.05) is 30.3 Å². The summed E-state index contributed by atoms with van der Waals surface area (Å²) in [4.78, 5) is 24.2. The summed E-state index contributed by atoms with van der Waals surface area (Å²) in [6.07, 6.45) is 2.38. The monoisotopic (exact) mass is 306 g/mol. The lowest BCUT2D eigenvalue weighted by molar-refractivity contribution is -0.152.